The minimum absolute atomic E-state index is 0.585. The fourth-order valence-electron chi connectivity index (χ4n) is 3.36. The Morgan fingerprint density at radius 3 is 2.65 bits per heavy atom. The molecule has 0 radical (unpaired) electrons. The summed E-state index contributed by atoms with van der Waals surface area (Å²) in [5.41, 5.74) is 0.992. The van der Waals surface area contributed by atoms with Gasteiger partial charge in [0.1, 0.15) is 11.3 Å². The number of hydrogen-bond acceptors (Lipinski definition) is 2. The van der Waals surface area contributed by atoms with Crippen LogP contribution in [0, 0.1) is 5.92 Å². The summed E-state index contributed by atoms with van der Waals surface area (Å²) >= 11 is 0. The average molecular weight is 271 g/mol. The van der Waals surface area contributed by atoms with E-state index in [0.717, 1.165) is 23.8 Å². The van der Waals surface area contributed by atoms with Crippen molar-refractivity contribution in [1.29, 1.82) is 0 Å². The van der Waals surface area contributed by atoms with E-state index >= 15 is 0 Å². The molecule has 0 spiro atoms. The van der Waals surface area contributed by atoms with Gasteiger partial charge in [-0.05, 0) is 37.8 Å². The smallest absolute Gasteiger partial charge is 0.134 e. The van der Waals surface area contributed by atoms with E-state index < -0.39 is 0 Å². The van der Waals surface area contributed by atoms with Crippen molar-refractivity contribution in [3.8, 4) is 0 Å². The fourth-order valence-corrected chi connectivity index (χ4v) is 3.36. The van der Waals surface area contributed by atoms with Crippen molar-refractivity contribution < 1.29 is 4.42 Å². The molecule has 1 aliphatic rings. The quantitative estimate of drug-likeness (QED) is 0.802. The van der Waals surface area contributed by atoms with Gasteiger partial charge in [0, 0.05) is 11.4 Å². The van der Waals surface area contributed by atoms with Crippen molar-refractivity contribution in [2.45, 2.75) is 58.0 Å². The SMILES string of the molecule is C[C@H](NCc1cc2ccccc2o1)C1CCCCCC1. The number of furan rings is 1. The molecule has 1 N–H and O–H groups in total. The zero-order chi connectivity index (χ0) is 13.8. The van der Waals surface area contributed by atoms with Gasteiger partial charge in [-0.2, -0.15) is 0 Å². The highest BCUT2D eigenvalue weighted by atomic mass is 16.3. The molecule has 2 heteroatoms. The van der Waals surface area contributed by atoms with E-state index in [1.165, 1.54) is 43.9 Å². The lowest BCUT2D eigenvalue weighted by molar-refractivity contribution is 0.328. The summed E-state index contributed by atoms with van der Waals surface area (Å²) in [4.78, 5) is 0. The third-order valence-corrected chi connectivity index (χ3v) is 4.68. The predicted molar refractivity (Wildman–Crippen MR) is 83.7 cm³/mol. The maximum absolute atomic E-state index is 5.87. The molecule has 3 rings (SSSR count). The molecule has 1 saturated carbocycles. The summed E-state index contributed by atoms with van der Waals surface area (Å²) in [6.07, 6.45) is 8.42. The van der Waals surface area contributed by atoms with E-state index in [1.54, 1.807) is 0 Å². The largest absolute Gasteiger partial charge is 0.460 e. The second-order valence-corrected chi connectivity index (χ2v) is 6.17. The van der Waals surface area contributed by atoms with Gasteiger partial charge in [-0.15, -0.1) is 0 Å². The van der Waals surface area contributed by atoms with E-state index in [1.807, 2.05) is 12.1 Å². The lowest BCUT2D eigenvalue weighted by atomic mass is 9.93. The summed E-state index contributed by atoms with van der Waals surface area (Å²) in [6.45, 7) is 3.17. The molecule has 0 aliphatic heterocycles. The Hall–Kier alpha value is -1.28. The lowest BCUT2D eigenvalue weighted by Crippen LogP contribution is -2.32. The first-order valence-corrected chi connectivity index (χ1v) is 8.04. The average Bonchev–Trinajstić information content (AvgIpc) is 2.69. The van der Waals surface area contributed by atoms with Gasteiger partial charge in [0.05, 0.1) is 6.54 Å². The first kappa shape index (κ1) is 13.7. The van der Waals surface area contributed by atoms with Crippen molar-refractivity contribution in [2.24, 2.45) is 5.92 Å². The molecular formula is C18H25NO. The maximum Gasteiger partial charge on any atom is 0.134 e. The highest BCUT2D eigenvalue weighted by molar-refractivity contribution is 5.77. The number of benzene rings is 1. The summed E-state index contributed by atoms with van der Waals surface area (Å²) < 4.78 is 5.87. The van der Waals surface area contributed by atoms with Crippen molar-refractivity contribution in [3.05, 3.63) is 36.1 Å². The van der Waals surface area contributed by atoms with Gasteiger partial charge in [0.2, 0.25) is 0 Å². The molecular weight excluding hydrogens is 246 g/mol. The third-order valence-electron chi connectivity index (χ3n) is 4.68. The minimum Gasteiger partial charge on any atom is -0.460 e. The molecule has 0 saturated heterocycles. The Labute approximate surface area is 121 Å². The zero-order valence-corrected chi connectivity index (χ0v) is 12.4. The van der Waals surface area contributed by atoms with Crippen LogP contribution in [0.2, 0.25) is 0 Å². The number of para-hydroxylation sites is 1. The van der Waals surface area contributed by atoms with Crippen LogP contribution >= 0.6 is 0 Å². The van der Waals surface area contributed by atoms with Gasteiger partial charge in [-0.3, -0.25) is 0 Å². The van der Waals surface area contributed by atoms with E-state index in [-0.39, 0.29) is 0 Å². The summed E-state index contributed by atoms with van der Waals surface area (Å²) in [5, 5.41) is 4.86. The van der Waals surface area contributed by atoms with Gasteiger partial charge < -0.3 is 9.73 Å². The van der Waals surface area contributed by atoms with Crippen molar-refractivity contribution in [1.82, 2.24) is 5.32 Å². The second kappa shape index (κ2) is 6.45. The normalized spacial score (nSPS) is 19.1. The molecule has 1 atom stereocenters. The molecule has 1 heterocycles. The van der Waals surface area contributed by atoms with Gasteiger partial charge in [0.25, 0.3) is 0 Å². The molecule has 1 fully saturated rings. The van der Waals surface area contributed by atoms with E-state index in [4.69, 9.17) is 4.42 Å². The van der Waals surface area contributed by atoms with E-state index in [2.05, 4.69) is 30.4 Å². The van der Waals surface area contributed by atoms with Crippen LogP contribution in [0.1, 0.15) is 51.2 Å². The van der Waals surface area contributed by atoms with Gasteiger partial charge in [0.15, 0.2) is 0 Å². The molecule has 0 unspecified atom stereocenters. The van der Waals surface area contributed by atoms with Gasteiger partial charge in [-0.25, -0.2) is 0 Å². The lowest BCUT2D eigenvalue weighted by Gasteiger charge is -2.23. The summed E-state index contributed by atoms with van der Waals surface area (Å²) in [7, 11) is 0. The third kappa shape index (κ3) is 3.24. The Morgan fingerprint density at radius 2 is 1.90 bits per heavy atom. The standard InChI is InChI=1S/C18H25NO/c1-14(15-8-4-2-3-5-9-15)19-13-17-12-16-10-6-7-11-18(16)20-17/h6-7,10-12,14-15,19H,2-5,8-9,13H2,1H3/t14-/m0/s1. The van der Waals surface area contributed by atoms with Gasteiger partial charge >= 0.3 is 0 Å². The first-order valence-electron chi connectivity index (χ1n) is 8.04. The minimum atomic E-state index is 0.585. The van der Waals surface area contributed by atoms with Crippen molar-refractivity contribution in [2.75, 3.05) is 0 Å². The Balaban J connectivity index is 1.57. The van der Waals surface area contributed by atoms with Crippen LogP contribution in [0.25, 0.3) is 11.0 Å². The van der Waals surface area contributed by atoms with Crippen LogP contribution in [0.4, 0.5) is 0 Å². The molecule has 0 amide bonds. The molecule has 0 bridgehead atoms. The number of hydrogen-bond donors (Lipinski definition) is 1. The second-order valence-electron chi connectivity index (χ2n) is 6.17. The van der Waals surface area contributed by atoms with Crippen LogP contribution in [0.15, 0.2) is 34.7 Å². The topological polar surface area (TPSA) is 25.2 Å². The maximum atomic E-state index is 5.87. The molecule has 20 heavy (non-hydrogen) atoms. The van der Waals surface area contributed by atoms with Crippen LogP contribution in [-0.4, -0.2) is 6.04 Å². The van der Waals surface area contributed by atoms with E-state index in [9.17, 15) is 0 Å². The Bertz CT molecular complexity index is 504. The van der Waals surface area contributed by atoms with Gasteiger partial charge in [-0.1, -0.05) is 43.9 Å². The highest BCUT2D eigenvalue weighted by Crippen LogP contribution is 2.26. The molecule has 2 aromatic rings. The van der Waals surface area contributed by atoms with E-state index in [0.29, 0.717) is 6.04 Å². The summed E-state index contributed by atoms with van der Waals surface area (Å²) in [5.74, 6) is 1.88. The fraction of sp³-hybridized carbons (Fsp3) is 0.556. The van der Waals surface area contributed by atoms with Crippen molar-refractivity contribution >= 4 is 11.0 Å². The Kier molecular flexibility index (Phi) is 4.41. The number of rotatable bonds is 4. The van der Waals surface area contributed by atoms with Crippen molar-refractivity contribution in [3.63, 3.8) is 0 Å². The number of fused-ring (bicyclic) bond motifs is 1. The molecule has 2 nitrogen and oxygen atoms in total. The zero-order valence-electron chi connectivity index (χ0n) is 12.4. The van der Waals surface area contributed by atoms with Crippen LogP contribution in [-0.2, 0) is 6.54 Å². The molecule has 1 aliphatic carbocycles. The predicted octanol–water partition coefficient (Wildman–Crippen LogP) is 4.88. The molecule has 1 aromatic heterocycles. The number of nitrogens with one attached hydrogen (secondary N) is 1. The van der Waals surface area contributed by atoms with Crippen LogP contribution in [0.3, 0.4) is 0 Å². The molecule has 1 aromatic carbocycles. The first-order chi connectivity index (χ1) is 9.83. The molecule has 108 valence electrons. The monoisotopic (exact) mass is 271 g/mol. The Morgan fingerprint density at radius 1 is 1.15 bits per heavy atom. The van der Waals surface area contributed by atoms with Crippen LogP contribution < -0.4 is 5.32 Å². The van der Waals surface area contributed by atoms with Crippen LogP contribution in [0.5, 0.6) is 0 Å². The highest BCUT2D eigenvalue weighted by Gasteiger charge is 2.18. The summed E-state index contributed by atoms with van der Waals surface area (Å²) in [6, 6.07) is 11.0.